The molecule has 47 heavy (non-hydrogen) atoms. The summed E-state index contributed by atoms with van der Waals surface area (Å²) in [6.45, 7) is 36.4. The Morgan fingerprint density at radius 1 is 0.681 bits per heavy atom. The van der Waals surface area contributed by atoms with Gasteiger partial charge in [-0.1, -0.05) is 61.5 Å². The Labute approximate surface area is 287 Å². The summed E-state index contributed by atoms with van der Waals surface area (Å²) in [6, 6.07) is 3.79. The lowest BCUT2D eigenvalue weighted by atomic mass is 10.0. The van der Waals surface area contributed by atoms with Crippen molar-refractivity contribution in [3.8, 4) is 11.5 Å². The number of rotatable bonds is 12. The van der Waals surface area contributed by atoms with Crippen molar-refractivity contribution >= 4 is 34.6 Å². The molecule has 0 bridgehead atoms. The number of benzene rings is 1. The van der Waals surface area contributed by atoms with Crippen LogP contribution in [0.2, 0.25) is 36.3 Å². The van der Waals surface area contributed by atoms with E-state index < -0.39 is 57.9 Å². The number of carbonyl (C=O) groups excluding carboxylic acids is 3. The first-order chi connectivity index (χ1) is 20.8. The minimum absolute atomic E-state index is 0.0267. The Bertz CT molecular complexity index is 1230. The first kappa shape index (κ1) is 42.5. The van der Waals surface area contributed by atoms with Crippen LogP contribution in [-0.2, 0) is 25.5 Å². The quantitative estimate of drug-likeness (QED) is 0.166. The Morgan fingerprint density at radius 2 is 1.15 bits per heavy atom. The summed E-state index contributed by atoms with van der Waals surface area (Å²) >= 11 is 0. The highest BCUT2D eigenvalue weighted by atomic mass is 28.4. The fourth-order valence-electron chi connectivity index (χ4n) is 3.92. The molecule has 0 unspecified atom stereocenters. The average molecular weight is 695 g/mol. The van der Waals surface area contributed by atoms with Gasteiger partial charge < -0.3 is 29.0 Å². The first-order valence-corrected chi connectivity index (χ1v) is 22.7. The molecular weight excluding hydrogens is 629 g/mol. The van der Waals surface area contributed by atoms with E-state index in [9.17, 15) is 14.4 Å². The standard InChI is InChI=1S/C36H66N2O7Si2/c1-24(2)21-27(31(40)42-33(3,4)5)37-30(39)26(38-32(41)43-34(6,7)8)22-25-19-20-28(44-46(15,16)35(9,10)11)29(23-25)45-47(17,18)36(12,13)14/h19-20,23-24,26-27H,21-22H2,1-18H3,(H,37,39)(H,38,41)/t26-,27-/m0/s1. The minimum Gasteiger partial charge on any atom is -0.541 e. The molecule has 0 aliphatic rings. The van der Waals surface area contributed by atoms with Gasteiger partial charge in [0.05, 0.1) is 0 Å². The third-order valence-electron chi connectivity index (χ3n) is 8.51. The van der Waals surface area contributed by atoms with E-state index in [0.717, 1.165) is 5.56 Å². The van der Waals surface area contributed by atoms with Gasteiger partial charge >= 0.3 is 12.1 Å². The van der Waals surface area contributed by atoms with Crippen molar-refractivity contribution in [2.45, 2.75) is 169 Å². The first-order valence-electron chi connectivity index (χ1n) is 16.9. The molecule has 1 aromatic rings. The van der Waals surface area contributed by atoms with E-state index in [4.69, 9.17) is 18.3 Å². The van der Waals surface area contributed by atoms with Crippen LogP contribution in [0, 0.1) is 5.92 Å². The third-order valence-corrected chi connectivity index (χ3v) is 17.2. The Balaban J connectivity index is 3.64. The van der Waals surface area contributed by atoms with Crippen molar-refractivity contribution in [3.05, 3.63) is 23.8 Å². The molecule has 1 rings (SSSR count). The molecule has 2 N–H and O–H groups in total. The molecule has 11 heteroatoms. The molecule has 2 amide bonds. The largest absolute Gasteiger partial charge is 0.541 e. The number of amides is 2. The van der Waals surface area contributed by atoms with Gasteiger partial charge in [-0.2, -0.15) is 0 Å². The maximum absolute atomic E-state index is 13.9. The molecule has 0 aromatic heterocycles. The number of ether oxygens (including phenoxy) is 2. The van der Waals surface area contributed by atoms with Crippen LogP contribution in [0.1, 0.15) is 109 Å². The van der Waals surface area contributed by atoms with Gasteiger partial charge in [-0.05, 0) is 108 Å². The molecule has 9 nitrogen and oxygen atoms in total. The molecule has 0 spiro atoms. The SMILES string of the molecule is CC(C)C[C@H](NC(=O)[C@H](Cc1ccc(O[Si](C)(C)C(C)(C)C)c(O[Si](C)(C)C(C)(C)C)c1)NC(=O)OC(C)(C)C)C(=O)OC(C)(C)C. The molecule has 0 radical (unpaired) electrons. The van der Waals surface area contributed by atoms with Crippen molar-refractivity contribution in [3.63, 3.8) is 0 Å². The second kappa shape index (κ2) is 15.3. The van der Waals surface area contributed by atoms with Gasteiger partial charge in [0.1, 0.15) is 34.8 Å². The van der Waals surface area contributed by atoms with Gasteiger partial charge in [-0.25, -0.2) is 9.59 Å². The molecular formula is C36H66N2O7Si2. The lowest BCUT2D eigenvalue weighted by Crippen LogP contribution is -2.54. The summed E-state index contributed by atoms with van der Waals surface area (Å²) in [6.07, 6.45) is -0.225. The highest BCUT2D eigenvalue weighted by molar-refractivity contribution is 6.75. The number of hydrogen-bond acceptors (Lipinski definition) is 7. The highest BCUT2D eigenvalue weighted by Gasteiger charge is 2.42. The molecule has 0 heterocycles. The van der Waals surface area contributed by atoms with Crippen molar-refractivity contribution < 1.29 is 32.7 Å². The van der Waals surface area contributed by atoms with Crippen molar-refractivity contribution in [1.29, 1.82) is 0 Å². The number of esters is 1. The zero-order valence-electron chi connectivity index (χ0n) is 32.7. The topological polar surface area (TPSA) is 112 Å². The van der Waals surface area contributed by atoms with Gasteiger partial charge in [0.2, 0.25) is 5.91 Å². The normalized spacial score (nSPS) is 14.6. The fourth-order valence-corrected chi connectivity index (χ4v) is 5.97. The van der Waals surface area contributed by atoms with Crippen LogP contribution >= 0.6 is 0 Å². The highest BCUT2D eigenvalue weighted by Crippen LogP contribution is 2.44. The summed E-state index contributed by atoms with van der Waals surface area (Å²) in [5, 5.41) is 5.52. The summed E-state index contributed by atoms with van der Waals surface area (Å²) < 4.78 is 24.7. The summed E-state index contributed by atoms with van der Waals surface area (Å²) in [4.78, 5) is 40.0. The van der Waals surface area contributed by atoms with Crippen LogP contribution in [0.5, 0.6) is 11.5 Å². The predicted molar refractivity (Wildman–Crippen MR) is 196 cm³/mol. The van der Waals surface area contributed by atoms with Gasteiger partial charge in [-0.3, -0.25) is 4.79 Å². The number of alkyl carbamates (subject to hydrolysis) is 1. The van der Waals surface area contributed by atoms with Gasteiger partial charge in [0.15, 0.2) is 0 Å². The number of carbonyl (C=O) groups is 3. The van der Waals surface area contributed by atoms with Crippen LogP contribution in [0.15, 0.2) is 18.2 Å². The second-order valence-corrected chi connectivity index (χ2v) is 27.6. The number of hydrogen-bond donors (Lipinski definition) is 2. The zero-order valence-corrected chi connectivity index (χ0v) is 34.7. The van der Waals surface area contributed by atoms with Crippen LogP contribution < -0.4 is 19.5 Å². The fraction of sp³-hybridized carbons (Fsp3) is 0.750. The van der Waals surface area contributed by atoms with E-state index in [1.54, 1.807) is 41.5 Å². The van der Waals surface area contributed by atoms with Crippen molar-refractivity contribution in [1.82, 2.24) is 10.6 Å². The van der Waals surface area contributed by atoms with Crippen LogP contribution in [-0.4, -0.2) is 57.9 Å². The summed E-state index contributed by atoms with van der Waals surface area (Å²) in [7, 11) is -4.51. The Morgan fingerprint density at radius 3 is 1.57 bits per heavy atom. The maximum atomic E-state index is 13.9. The molecule has 270 valence electrons. The van der Waals surface area contributed by atoms with Crippen LogP contribution in [0.3, 0.4) is 0 Å². The monoisotopic (exact) mass is 694 g/mol. The van der Waals surface area contributed by atoms with Crippen molar-refractivity contribution in [2.24, 2.45) is 5.92 Å². The zero-order chi connectivity index (χ0) is 37.0. The van der Waals surface area contributed by atoms with Crippen LogP contribution in [0.25, 0.3) is 0 Å². The van der Waals surface area contributed by atoms with Gasteiger partial charge in [0, 0.05) is 6.42 Å². The maximum Gasteiger partial charge on any atom is 0.408 e. The molecule has 0 aliphatic carbocycles. The molecule has 1 aromatic carbocycles. The Kier molecular flexibility index (Phi) is 13.9. The molecule has 0 saturated carbocycles. The lowest BCUT2D eigenvalue weighted by molar-refractivity contribution is -0.159. The predicted octanol–water partition coefficient (Wildman–Crippen LogP) is 8.76. The van der Waals surface area contributed by atoms with E-state index >= 15 is 0 Å². The molecule has 0 aliphatic heterocycles. The van der Waals surface area contributed by atoms with Crippen molar-refractivity contribution in [2.75, 3.05) is 0 Å². The minimum atomic E-state index is -2.29. The van der Waals surface area contributed by atoms with E-state index in [2.05, 4.69) is 78.4 Å². The van der Waals surface area contributed by atoms with E-state index in [-0.39, 0.29) is 22.4 Å². The van der Waals surface area contributed by atoms with E-state index in [1.807, 2.05) is 32.0 Å². The summed E-state index contributed by atoms with van der Waals surface area (Å²) in [5.41, 5.74) is -0.732. The smallest absolute Gasteiger partial charge is 0.408 e. The average Bonchev–Trinajstić information content (AvgIpc) is 2.80. The second-order valence-electron chi connectivity index (χ2n) is 18.1. The molecule has 2 atom stereocenters. The van der Waals surface area contributed by atoms with Crippen LogP contribution in [0.4, 0.5) is 4.79 Å². The Hall–Kier alpha value is -2.54. The lowest BCUT2D eigenvalue weighted by Gasteiger charge is -2.40. The number of nitrogens with one attached hydrogen (secondary N) is 2. The molecule has 0 fully saturated rings. The summed E-state index contributed by atoms with van der Waals surface area (Å²) in [5.74, 6) is 0.372. The van der Waals surface area contributed by atoms with Gasteiger partial charge in [-0.15, -0.1) is 0 Å². The molecule has 0 saturated heterocycles. The third kappa shape index (κ3) is 14.2. The van der Waals surface area contributed by atoms with E-state index in [1.165, 1.54) is 0 Å². The van der Waals surface area contributed by atoms with E-state index in [0.29, 0.717) is 17.9 Å². The van der Waals surface area contributed by atoms with Gasteiger partial charge in [0.25, 0.3) is 16.6 Å².